The highest BCUT2D eigenvalue weighted by molar-refractivity contribution is 5.97. The van der Waals surface area contributed by atoms with Gasteiger partial charge in [-0.1, -0.05) is 31.2 Å². The van der Waals surface area contributed by atoms with Gasteiger partial charge in [0.15, 0.2) is 5.78 Å². The van der Waals surface area contributed by atoms with Crippen LogP contribution in [0, 0.1) is 0 Å². The van der Waals surface area contributed by atoms with Crippen molar-refractivity contribution in [1.29, 1.82) is 0 Å². The van der Waals surface area contributed by atoms with Crippen LogP contribution in [0.4, 0.5) is 0 Å². The topological polar surface area (TPSA) is 43.8 Å². The number of likely N-dealkylation sites (tertiary alicyclic amines) is 1. The lowest BCUT2D eigenvalue weighted by molar-refractivity contribution is 0.0902. The molecule has 116 valence electrons. The number of aryl methyl sites for hydroxylation is 1. The van der Waals surface area contributed by atoms with E-state index in [0.717, 1.165) is 24.9 Å². The maximum absolute atomic E-state index is 12.4. The fourth-order valence-electron chi connectivity index (χ4n) is 2.96. The molecule has 1 saturated heterocycles. The summed E-state index contributed by atoms with van der Waals surface area (Å²) >= 11 is 0. The van der Waals surface area contributed by atoms with Crippen molar-refractivity contribution in [2.75, 3.05) is 33.7 Å². The standard InChI is InChI=1S/C17H26N2O2/c1-4-13-5-7-14(8-6-13)17(21)12-19-11-16(20)9-15(19)10-18(2)3/h5-8,15-16,20H,4,9-12H2,1-3H3. The third-order valence-corrected chi connectivity index (χ3v) is 4.11. The van der Waals surface area contributed by atoms with Crippen molar-refractivity contribution in [3.63, 3.8) is 0 Å². The van der Waals surface area contributed by atoms with E-state index in [1.807, 2.05) is 38.4 Å². The summed E-state index contributed by atoms with van der Waals surface area (Å²) in [6.45, 7) is 3.96. The second kappa shape index (κ2) is 7.16. The van der Waals surface area contributed by atoms with Crippen molar-refractivity contribution in [3.05, 3.63) is 35.4 Å². The van der Waals surface area contributed by atoms with Crippen molar-refractivity contribution < 1.29 is 9.90 Å². The molecule has 1 fully saturated rings. The maximum atomic E-state index is 12.4. The lowest BCUT2D eigenvalue weighted by atomic mass is 10.1. The number of carbonyl (C=O) groups is 1. The predicted molar refractivity (Wildman–Crippen MR) is 84.7 cm³/mol. The molecule has 0 bridgehead atoms. The Morgan fingerprint density at radius 2 is 2.00 bits per heavy atom. The normalized spacial score (nSPS) is 22.9. The smallest absolute Gasteiger partial charge is 0.176 e. The monoisotopic (exact) mass is 290 g/mol. The van der Waals surface area contributed by atoms with Crippen LogP contribution in [-0.4, -0.2) is 66.6 Å². The molecule has 4 nitrogen and oxygen atoms in total. The van der Waals surface area contributed by atoms with Crippen LogP contribution < -0.4 is 0 Å². The van der Waals surface area contributed by atoms with Gasteiger partial charge < -0.3 is 10.0 Å². The molecule has 1 aromatic rings. The zero-order valence-electron chi connectivity index (χ0n) is 13.2. The summed E-state index contributed by atoms with van der Waals surface area (Å²) in [5, 5.41) is 9.86. The van der Waals surface area contributed by atoms with E-state index in [9.17, 15) is 9.90 Å². The average Bonchev–Trinajstić information content (AvgIpc) is 2.77. The summed E-state index contributed by atoms with van der Waals surface area (Å²) < 4.78 is 0. The number of Topliss-reactive ketones (excluding diaryl/α,β-unsaturated/α-hetero) is 1. The van der Waals surface area contributed by atoms with E-state index >= 15 is 0 Å². The van der Waals surface area contributed by atoms with Crippen molar-refractivity contribution in [1.82, 2.24) is 9.80 Å². The molecular weight excluding hydrogens is 264 g/mol. The van der Waals surface area contributed by atoms with Gasteiger partial charge in [0.1, 0.15) is 0 Å². The van der Waals surface area contributed by atoms with E-state index < -0.39 is 0 Å². The van der Waals surface area contributed by atoms with Crippen molar-refractivity contribution in [2.24, 2.45) is 0 Å². The molecular formula is C17H26N2O2. The van der Waals surface area contributed by atoms with Gasteiger partial charge in [0, 0.05) is 24.7 Å². The number of carbonyl (C=O) groups excluding carboxylic acids is 1. The Morgan fingerprint density at radius 3 is 2.57 bits per heavy atom. The van der Waals surface area contributed by atoms with Gasteiger partial charge in [-0.15, -0.1) is 0 Å². The number of benzene rings is 1. The van der Waals surface area contributed by atoms with E-state index in [1.165, 1.54) is 5.56 Å². The number of nitrogens with zero attached hydrogens (tertiary/aromatic N) is 2. The highest BCUT2D eigenvalue weighted by Crippen LogP contribution is 2.19. The van der Waals surface area contributed by atoms with Gasteiger partial charge in [0.25, 0.3) is 0 Å². The van der Waals surface area contributed by atoms with Gasteiger partial charge in [-0.2, -0.15) is 0 Å². The van der Waals surface area contributed by atoms with Crippen LogP contribution in [0.1, 0.15) is 29.3 Å². The highest BCUT2D eigenvalue weighted by atomic mass is 16.3. The molecule has 0 radical (unpaired) electrons. The molecule has 1 aliphatic rings. The minimum Gasteiger partial charge on any atom is -0.392 e. The number of β-amino-alcohol motifs (C(OH)–C–C–N with tert-alkyl or cyclic N) is 1. The van der Waals surface area contributed by atoms with Crippen LogP contribution in [0.15, 0.2) is 24.3 Å². The van der Waals surface area contributed by atoms with Crippen molar-refractivity contribution >= 4 is 5.78 Å². The molecule has 1 aromatic carbocycles. The summed E-state index contributed by atoms with van der Waals surface area (Å²) in [6, 6.07) is 8.12. The molecule has 0 aromatic heterocycles. The molecule has 4 heteroatoms. The minimum atomic E-state index is -0.315. The van der Waals surface area contributed by atoms with Gasteiger partial charge in [0.05, 0.1) is 12.6 Å². The average molecular weight is 290 g/mol. The van der Waals surface area contributed by atoms with E-state index in [1.54, 1.807) is 0 Å². The van der Waals surface area contributed by atoms with E-state index in [4.69, 9.17) is 0 Å². The van der Waals surface area contributed by atoms with Crippen LogP contribution in [0.2, 0.25) is 0 Å². The fraction of sp³-hybridized carbons (Fsp3) is 0.588. The molecule has 0 amide bonds. The lowest BCUT2D eigenvalue weighted by Crippen LogP contribution is -2.40. The van der Waals surface area contributed by atoms with Gasteiger partial charge in [-0.05, 0) is 32.5 Å². The minimum absolute atomic E-state index is 0.135. The molecule has 1 N–H and O–H groups in total. The first-order valence-corrected chi connectivity index (χ1v) is 7.68. The number of aliphatic hydroxyl groups excluding tert-OH is 1. The third-order valence-electron chi connectivity index (χ3n) is 4.11. The third kappa shape index (κ3) is 4.37. The second-order valence-electron chi connectivity index (χ2n) is 6.21. The molecule has 0 spiro atoms. The quantitative estimate of drug-likeness (QED) is 0.805. The summed E-state index contributed by atoms with van der Waals surface area (Å²) in [5.41, 5.74) is 2.01. The van der Waals surface area contributed by atoms with Gasteiger partial charge >= 0.3 is 0 Å². The van der Waals surface area contributed by atoms with Crippen LogP contribution in [-0.2, 0) is 6.42 Å². The van der Waals surface area contributed by atoms with E-state index in [2.05, 4.69) is 16.7 Å². The van der Waals surface area contributed by atoms with Crippen LogP contribution >= 0.6 is 0 Å². The number of hydrogen-bond acceptors (Lipinski definition) is 4. The predicted octanol–water partition coefficient (Wildman–Crippen LogP) is 1.43. The summed E-state index contributed by atoms with van der Waals surface area (Å²) in [5.74, 6) is 0.135. The zero-order chi connectivity index (χ0) is 15.4. The van der Waals surface area contributed by atoms with E-state index in [0.29, 0.717) is 13.1 Å². The molecule has 21 heavy (non-hydrogen) atoms. The number of likely N-dealkylation sites (N-methyl/N-ethyl adjacent to an activating group) is 1. The first-order chi connectivity index (χ1) is 9.99. The summed E-state index contributed by atoms with van der Waals surface area (Å²) in [6.07, 6.45) is 1.42. The Balaban J connectivity index is 1.99. The van der Waals surface area contributed by atoms with Gasteiger partial charge in [0.2, 0.25) is 0 Å². The molecule has 2 unspecified atom stereocenters. The zero-order valence-corrected chi connectivity index (χ0v) is 13.2. The second-order valence-corrected chi connectivity index (χ2v) is 6.21. The Hall–Kier alpha value is -1.23. The van der Waals surface area contributed by atoms with E-state index in [-0.39, 0.29) is 17.9 Å². The highest BCUT2D eigenvalue weighted by Gasteiger charge is 2.32. The Morgan fingerprint density at radius 1 is 1.33 bits per heavy atom. The van der Waals surface area contributed by atoms with Crippen LogP contribution in [0.25, 0.3) is 0 Å². The molecule has 2 atom stereocenters. The first kappa shape index (κ1) is 16.1. The van der Waals surface area contributed by atoms with Gasteiger partial charge in [-0.25, -0.2) is 0 Å². The largest absolute Gasteiger partial charge is 0.392 e. The molecule has 0 aliphatic carbocycles. The summed E-state index contributed by atoms with van der Waals surface area (Å²) in [4.78, 5) is 16.6. The Bertz CT molecular complexity index is 470. The number of hydrogen-bond donors (Lipinski definition) is 1. The molecule has 0 saturated carbocycles. The number of aliphatic hydroxyl groups is 1. The number of ketones is 1. The van der Waals surface area contributed by atoms with Gasteiger partial charge in [-0.3, -0.25) is 9.69 Å². The van der Waals surface area contributed by atoms with Crippen LogP contribution in [0.5, 0.6) is 0 Å². The SMILES string of the molecule is CCc1ccc(C(=O)CN2CC(O)CC2CN(C)C)cc1. The van der Waals surface area contributed by atoms with Crippen molar-refractivity contribution in [2.45, 2.75) is 31.9 Å². The Kier molecular flexibility index (Phi) is 5.51. The molecule has 1 heterocycles. The Labute approximate surface area is 127 Å². The van der Waals surface area contributed by atoms with Crippen molar-refractivity contribution in [3.8, 4) is 0 Å². The number of rotatable bonds is 6. The molecule has 2 rings (SSSR count). The maximum Gasteiger partial charge on any atom is 0.176 e. The molecule has 1 aliphatic heterocycles. The van der Waals surface area contributed by atoms with Crippen LogP contribution in [0.3, 0.4) is 0 Å². The first-order valence-electron chi connectivity index (χ1n) is 7.68. The summed E-state index contributed by atoms with van der Waals surface area (Å²) in [7, 11) is 4.04. The fourth-order valence-corrected chi connectivity index (χ4v) is 2.96. The lowest BCUT2D eigenvalue weighted by Gasteiger charge is -2.26.